The number of methoxy groups -OCH3 is 1. The van der Waals surface area contributed by atoms with Crippen LogP contribution in [0.1, 0.15) is 17.9 Å². The van der Waals surface area contributed by atoms with Crippen LogP contribution in [-0.2, 0) is 4.79 Å². The van der Waals surface area contributed by atoms with Gasteiger partial charge in [-0.15, -0.1) is 0 Å². The molecule has 28 heavy (non-hydrogen) atoms. The number of carbonyl (C=O) groups is 1. The maximum absolute atomic E-state index is 13.7. The van der Waals surface area contributed by atoms with Crippen molar-refractivity contribution in [2.45, 2.75) is 12.3 Å². The van der Waals surface area contributed by atoms with Crippen LogP contribution in [0.3, 0.4) is 0 Å². The van der Waals surface area contributed by atoms with Crippen molar-refractivity contribution < 1.29 is 13.9 Å². The van der Waals surface area contributed by atoms with Crippen LogP contribution in [0.15, 0.2) is 59.1 Å². The molecule has 0 aromatic heterocycles. The second-order valence-corrected chi connectivity index (χ2v) is 7.55. The third-order valence-corrected chi connectivity index (χ3v) is 6.14. The van der Waals surface area contributed by atoms with Crippen LogP contribution in [0.25, 0.3) is 0 Å². The number of ether oxygens (including phenoxy) is 1. The van der Waals surface area contributed by atoms with Crippen molar-refractivity contribution in [2.75, 3.05) is 24.6 Å². The van der Waals surface area contributed by atoms with Gasteiger partial charge in [0.05, 0.1) is 36.3 Å². The summed E-state index contributed by atoms with van der Waals surface area (Å²) < 4.78 is 18.9. The van der Waals surface area contributed by atoms with Crippen LogP contribution in [0.5, 0.6) is 5.75 Å². The normalized spacial score (nSPS) is 19.3. The van der Waals surface area contributed by atoms with Crippen molar-refractivity contribution >= 4 is 23.4 Å². The summed E-state index contributed by atoms with van der Waals surface area (Å²) in [5.74, 6) is 0.560. The molecule has 1 fully saturated rings. The van der Waals surface area contributed by atoms with Gasteiger partial charge in [-0.25, -0.2) is 4.39 Å². The molecule has 0 N–H and O–H groups in total. The van der Waals surface area contributed by atoms with E-state index in [1.807, 2.05) is 24.3 Å². The van der Waals surface area contributed by atoms with E-state index in [1.165, 1.54) is 23.9 Å². The van der Waals surface area contributed by atoms with Gasteiger partial charge in [0.15, 0.2) is 0 Å². The number of rotatable bonds is 3. The average Bonchev–Trinajstić information content (AvgIpc) is 2.73. The van der Waals surface area contributed by atoms with Crippen molar-refractivity contribution in [1.29, 1.82) is 5.26 Å². The first kappa shape index (κ1) is 18.4. The van der Waals surface area contributed by atoms with Gasteiger partial charge >= 0.3 is 0 Å². The summed E-state index contributed by atoms with van der Waals surface area (Å²) in [5, 5.41) is 10.5. The minimum Gasteiger partial charge on any atom is -0.497 e. The number of hydrogen-bond donors (Lipinski definition) is 0. The predicted octanol–water partition coefficient (Wildman–Crippen LogP) is 4.05. The van der Waals surface area contributed by atoms with Gasteiger partial charge in [-0.3, -0.25) is 9.69 Å². The van der Waals surface area contributed by atoms with Gasteiger partial charge in [0.25, 0.3) is 0 Å². The number of nitrogens with zero attached hydrogens (tertiary/aromatic N) is 3. The molecule has 0 saturated carbocycles. The molecular weight excluding hydrogens is 377 g/mol. The molecule has 4 rings (SSSR count). The molecule has 2 aliphatic heterocycles. The van der Waals surface area contributed by atoms with Gasteiger partial charge in [0.2, 0.25) is 5.91 Å². The third kappa shape index (κ3) is 3.32. The lowest BCUT2D eigenvalue weighted by atomic mass is 9.86. The van der Waals surface area contributed by atoms with E-state index in [9.17, 15) is 14.4 Å². The number of carbonyl (C=O) groups excluding carboxylic acids is 1. The molecule has 142 valence electrons. The molecular formula is C21H18FN3O2S. The van der Waals surface area contributed by atoms with E-state index in [0.29, 0.717) is 28.7 Å². The quantitative estimate of drug-likeness (QED) is 0.785. The lowest BCUT2D eigenvalue weighted by Crippen LogP contribution is -2.47. The SMILES string of the molecule is COc1ccc(N2CSC3=C(C#N)C(c4cccc(F)c4)CC(=O)N3C2)cc1. The fraction of sp³-hybridized carbons (Fsp3) is 0.238. The summed E-state index contributed by atoms with van der Waals surface area (Å²) >= 11 is 1.46. The number of nitriles is 1. The second kappa shape index (κ2) is 7.56. The minimum atomic E-state index is -0.403. The number of anilines is 1. The van der Waals surface area contributed by atoms with E-state index in [0.717, 1.165) is 11.4 Å². The van der Waals surface area contributed by atoms with E-state index < -0.39 is 5.92 Å². The average molecular weight is 395 g/mol. The number of hydrogen-bond acceptors (Lipinski definition) is 5. The summed E-state index contributed by atoms with van der Waals surface area (Å²) in [6, 6.07) is 16.1. The molecule has 0 spiro atoms. The molecule has 0 bridgehead atoms. The van der Waals surface area contributed by atoms with Gasteiger partial charge in [0, 0.05) is 18.0 Å². The van der Waals surface area contributed by atoms with Crippen molar-refractivity contribution in [3.05, 3.63) is 70.5 Å². The molecule has 0 aliphatic carbocycles. The van der Waals surface area contributed by atoms with E-state index in [4.69, 9.17) is 4.74 Å². The molecule has 2 aromatic carbocycles. The Hall–Kier alpha value is -2.98. The van der Waals surface area contributed by atoms with Crippen molar-refractivity contribution in [3.8, 4) is 11.8 Å². The van der Waals surface area contributed by atoms with E-state index in [2.05, 4.69) is 11.0 Å². The van der Waals surface area contributed by atoms with Crippen LogP contribution < -0.4 is 9.64 Å². The summed E-state index contributed by atoms with van der Waals surface area (Å²) in [6.07, 6.45) is 0.160. The van der Waals surface area contributed by atoms with Gasteiger partial charge in [0.1, 0.15) is 11.6 Å². The largest absolute Gasteiger partial charge is 0.497 e. The Morgan fingerprint density at radius 1 is 1.25 bits per heavy atom. The van der Waals surface area contributed by atoms with Crippen LogP contribution in [-0.4, -0.2) is 30.5 Å². The van der Waals surface area contributed by atoms with Crippen LogP contribution in [0, 0.1) is 17.1 Å². The Morgan fingerprint density at radius 2 is 2.04 bits per heavy atom. The van der Waals surface area contributed by atoms with E-state index >= 15 is 0 Å². The number of allylic oxidation sites excluding steroid dienone is 1. The monoisotopic (exact) mass is 395 g/mol. The Kier molecular flexibility index (Phi) is 4.97. The Balaban J connectivity index is 1.64. The highest BCUT2D eigenvalue weighted by atomic mass is 32.2. The first-order valence-electron chi connectivity index (χ1n) is 8.82. The number of amides is 1. The molecule has 0 radical (unpaired) electrons. The van der Waals surface area contributed by atoms with Gasteiger partial charge in [-0.1, -0.05) is 23.9 Å². The standard InChI is InChI=1S/C21H18FN3O2S/c1-27-17-7-5-16(6-8-17)24-12-25-20(26)10-18(14-3-2-4-15(22)9-14)19(11-23)21(25)28-13-24/h2-9,18H,10,12-13H2,1H3. The molecule has 2 aliphatic rings. The highest BCUT2D eigenvalue weighted by molar-refractivity contribution is 8.03. The summed E-state index contributed by atoms with van der Waals surface area (Å²) in [6.45, 7) is 0.383. The molecule has 5 nitrogen and oxygen atoms in total. The summed E-state index contributed by atoms with van der Waals surface area (Å²) in [5.41, 5.74) is 2.17. The van der Waals surface area contributed by atoms with Crippen molar-refractivity contribution in [2.24, 2.45) is 0 Å². The van der Waals surface area contributed by atoms with E-state index in [-0.39, 0.29) is 18.1 Å². The zero-order chi connectivity index (χ0) is 19.7. The van der Waals surface area contributed by atoms with Crippen molar-refractivity contribution in [1.82, 2.24) is 4.90 Å². The third-order valence-electron chi connectivity index (χ3n) is 4.98. The Morgan fingerprint density at radius 3 is 2.71 bits per heavy atom. The topological polar surface area (TPSA) is 56.6 Å². The lowest BCUT2D eigenvalue weighted by molar-refractivity contribution is -0.129. The zero-order valence-corrected chi connectivity index (χ0v) is 16.1. The maximum Gasteiger partial charge on any atom is 0.229 e. The number of halogens is 1. The molecule has 2 heterocycles. The molecule has 2 aromatic rings. The minimum absolute atomic E-state index is 0.0611. The van der Waals surface area contributed by atoms with Gasteiger partial charge in [-0.2, -0.15) is 5.26 Å². The summed E-state index contributed by atoms with van der Waals surface area (Å²) in [7, 11) is 1.62. The number of fused-ring (bicyclic) bond motifs is 1. The molecule has 1 unspecified atom stereocenters. The first-order valence-corrected chi connectivity index (χ1v) is 9.81. The fourth-order valence-corrected chi connectivity index (χ4v) is 4.69. The van der Waals surface area contributed by atoms with E-state index in [1.54, 1.807) is 24.1 Å². The first-order chi connectivity index (χ1) is 13.6. The smallest absolute Gasteiger partial charge is 0.229 e. The molecule has 1 amide bonds. The Bertz CT molecular complexity index is 984. The number of thioether (sulfide) groups is 1. The summed E-state index contributed by atoms with van der Waals surface area (Å²) in [4.78, 5) is 16.6. The fourth-order valence-electron chi connectivity index (χ4n) is 3.53. The number of benzene rings is 2. The van der Waals surface area contributed by atoms with Crippen LogP contribution in [0.4, 0.5) is 10.1 Å². The van der Waals surface area contributed by atoms with Gasteiger partial charge in [-0.05, 0) is 42.0 Å². The molecule has 1 saturated heterocycles. The predicted molar refractivity (Wildman–Crippen MR) is 106 cm³/mol. The zero-order valence-electron chi connectivity index (χ0n) is 15.3. The maximum atomic E-state index is 13.7. The van der Waals surface area contributed by atoms with Crippen LogP contribution in [0.2, 0.25) is 0 Å². The highest BCUT2D eigenvalue weighted by Gasteiger charge is 2.38. The Labute approximate surface area is 167 Å². The van der Waals surface area contributed by atoms with Crippen molar-refractivity contribution in [3.63, 3.8) is 0 Å². The molecule has 7 heteroatoms. The second-order valence-electron chi connectivity index (χ2n) is 6.62. The van der Waals surface area contributed by atoms with Gasteiger partial charge < -0.3 is 9.64 Å². The lowest BCUT2D eigenvalue weighted by Gasteiger charge is -2.42. The highest BCUT2D eigenvalue weighted by Crippen LogP contribution is 2.43. The molecule has 1 atom stereocenters. The van der Waals surface area contributed by atoms with Crippen LogP contribution >= 0.6 is 11.8 Å².